The highest BCUT2D eigenvalue weighted by Crippen LogP contribution is 2.32. The van der Waals surface area contributed by atoms with Crippen LogP contribution in [-0.2, 0) is 6.42 Å². The van der Waals surface area contributed by atoms with E-state index in [9.17, 15) is 5.11 Å². The number of aliphatic hydroxyl groups excluding tert-OH is 1. The molecule has 0 saturated carbocycles. The second kappa shape index (κ2) is 7.16. The third-order valence-electron chi connectivity index (χ3n) is 3.22. The van der Waals surface area contributed by atoms with Gasteiger partial charge in [0.2, 0.25) is 0 Å². The van der Waals surface area contributed by atoms with Crippen molar-refractivity contribution in [2.45, 2.75) is 12.5 Å². The highest BCUT2D eigenvalue weighted by atomic mass is 79.9. The van der Waals surface area contributed by atoms with Crippen molar-refractivity contribution in [3.63, 3.8) is 0 Å². The lowest BCUT2D eigenvalue weighted by atomic mass is 10.0. The van der Waals surface area contributed by atoms with Crippen molar-refractivity contribution in [3.05, 3.63) is 57.0 Å². The molecule has 0 aliphatic heterocycles. The van der Waals surface area contributed by atoms with E-state index in [2.05, 4.69) is 15.9 Å². The van der Waals surface area contributed by atoms with Gasteiger partial charge >= 0.3 is 0 Å². The third kappa shape index (κ3) is 3.90. The third-order valence-corrected chi connectivity index (χ3v) is 4.18. The number of methoxy groups -OCH3 is 2. The molecule has 21 heavy (non-hydrogen) atoms. The Hall–Kier alpha value is -1.23. The van der Waals surface area contributed by atoms with Gasteiger partial charge in [0.25, 0.3) is 0 Å². The molecule has 2 rings (SSSR count). The summed E-state index contributed by atoms with van der Waals surface area (Å²) >= 11 is 9.47. The molecule has 0 heterocycles. The fourth-order valence-corrected chi connectivity index (χ4v) is 2.83. The number of ether oxygens (including phenoxy) is 2. The summed E-state index contributed by atoms with van der Waals surface area (Å²) in [5.74, 6) is 1.41. The van der Waals surface area contributed by atoms with Crippen molar-refractivity contribution in [3.8, 4) is 11.5 Å². The maximum atomic E-state index is 10.5. The van der Waals surface area contributed by atoms with Gasteiger partial charge in [-0.15, -0.1) is 0 Å². The van der Waals surface area contributed by atoms with E-state index < -0.39 is 6.10 Å². The van der Waals surface area contributed by atoms with Gasteiger partial charge in [-0.25, -0.2) is 0 Å². The average Bonchev–Trinajstić information content (AvgIpc) is 2.48. The van der Waals surface area contributed by atoms with Gasteiger partial charge in [-0.1, -0.05) is 27.5 Å². The Morgan fingerprint density at radius 2 is 1.90 bits per heavy atom. The minimum absolute atomic E-state index is 0.398. The van der Waals surface area contributed by atoms with Crippen LogP contribution in [0.5, 0.6) is 11.5 Å². The van der Waals surface area contributed by atoms with Crippen LogP contribution < -0.4 is 9.47 Å². The molecule has 0 amide bonds. The van der Waals surface area contributed by atoms with E-state index in [-0.39, 0.29) is 0 Å². The second-order valence-corrected chi connectivity index (χ2v) is 5.85. The van der Waals surface area contributed by atoms with Crippen LogP contribution in [0.15, 0.2) is 40.9 Å². The van der Waals surface area contributed by atoms with E-state index in [0.717, 1.165) is 15.6 Å². The molecule has 0 fully saturated rings. The standard InChI is InChI=1S/C16H16BrClO3/c1-20-12-4-5-14(17)13(9-12)15(19)8-10-7-11(18)3-6-16(10)21-2/h3-7,9,15,19H,8H2,1-2H3. The number of hydrogen-bond donors (Lipinski definition) is 1. The Balaban J connectivity index is 2.29. The molecule has 2 aromatic rings. The van der Waals surface area contributed by atoms with Gasteiger partial charge in [0, 0.05) is 15.9 Å². The largest absolute Gasteiger partial charge is 0.497 e. The first kappa shape index (κ1) is 16.1. The number of rotatable bonds is 5. The summed E-state index contributed by atoms with van der Waals surface area (Å²) in [6, 6.07) is 10.9. The highest BCUT2D eigenvalue weighted by molar-refractivity contribution is 9.10. The first-order valence-electron chi connectivity index (χ1n) is 6.39. The zero-order valence-corrected chi connectivity index (χ0v) is 14.1. The molecule has 0 aromatic heterocycles. The van der Waals surface area contributed by atoms with Crippen molar-refractivity contribution < 1.29 is 14.6 Å². The van der Waals surface area contributed by atoms with Crippen molar-refractivity contribution in [2.75, 3.05) is 14.2 Å². The van der Waals surface area contributed by atoms with E-state index in [1.807, 2.05) is 18.2 Å². The van der Waals surface area contributed by atoms with Gasteiger partial charge in [-0.3, -0.25) is 0 Å². The van der Waals surface area contributed by atoms with Crippen LogP contribution in [0.2, 0.25) is 5.02 Å². The average molecular weight is 372 g/mol. The molecule has 0 bridgehead atoms. The molecule has 2 aromatic carbocycles. The minimum atomic E-state index is -0.693. The molecule has 112 valence electrons. The van der Waals surface area contributed by atoms with Crippen LogP contribution in [0.1, 0.15) is 17.2 Å². The zero-order valence-electron chi connectivity index (χ0n) is 11.8. The van der Waals surface area contributed by atoms with Crippen molar-refractivity contribution in [2.24, 2.45) is 0 Å². The molecule has 5 heteroatoms. The van der Waals surface area contributed by atoms with E-state index in [1.165, 1.54) is 0 Å². The minimum Gasteiger partial charge on any atom is -0.497 e. The van der Waals surface area contributed by atoms with Crippen LogP contribution in [0.25, 0.3) is 0 Å². The normalized spacial score (nSPS) is 12.0. The smallest absolute Gasteiger partial charge is 0.122 e. The van der Waals surface area contributed by atoms with E-state index in [0.29, 0.717) is 22.9 Å². The zero-order chi connectivity index (χ0) is 15.4. The fraction of sp³-hybridized carbons (Fsp3) is 0.250. The topological polar surface area (TPSA) is 38.7 Å². The summed E-state index contributed by atoms with van der Waals surface area (Å²) in [6.45, 7) is 0. The van der Waals surface area contributed by atoms with Crippen molar-refractivity contribution in [1.29, 1.82) is 0 Å². The predicted molar refractivity (Wildman–Crippen MR) is 87.4 cm³/mol. The van der Waals surface area contributed by atoms with Gasteiger partial charge in [0.15, 0.2) is 0 Å². The van der Waals surface area contributed by atoms with Gasteiger partial charge in [-0.2, -0.15) is 0 Å². The Kier molecular flexibility index (Phi) is 5.51. The molecule has 0 spiro atoms. The molecular weight excluding hydrogens is 356 g/mol. The van der Waals surface area contributed by atoms with Crippen LogP contribution in [0, 0.1) is 0 Å². The Morgan fingerprint density at radius 3 is 2.57 bits per heavy atom. The van der Waals surface area contributed by atoms with Gasteiger partial charge in [0.1, 0.15) is 11.5 Å². The Labute approximate surface area is 137 Å². The molecule has 0 aliphatic carbocycles. The molecule has 0 saturated heterocycles. The van der Waals surface area contributed by atoms with E-state index >= 15 is 0 Å². The Bertz CT molecular complexity index is 631. The number of hydrogen-bond acceptors (Lipinski definition) is 3. The van der Waals surface area contributed by atoms with E-state index in [1.54, 1.807) is 32.4 Å². The molecule has 1 atom stereocenters. The summed E-state index contributed by atoms with van der Waals surface area (Å²) in [5.41, 5.74) is 1.61. The quantitative estimate of drug-likeness (QED) is 0.847. The Morgan fingerprint density at radius 1 is 1.14 bits per heavy atom. The SMILES string of the molecule is COc1ccc(Br)c(C(O)Cc2cc(Cl)ccc2OC)c1. The highest BCUT2D eigenvalue weighted by Gasteiger charge is 2.16. The number of benzene rings is 2. The summed E-state index contributed by atoms with van der Waals surface area (Å²) in [7, 11) is 3.19. The van der Waals surface area contributed by atoms with Gasteiger partial charge in [-0.05, 0) is 47.5 Å². The molecule has 3 nitrogen and oxygen atoms in total. The summed E-state index contributed by atoms with van der Waals surface area (Å²) in [5, 5.41) is 11.1. The van der Waals surface area contributed by atoms with Gasteiger partial charge in [0.05, 0.1) is 20.3 Å². The summed E-state index contributed by atoms with van der Waals surface area (Å²) < 4.78 is 11.3. The number of aliphatic hydroxyl groups is 1. The fourth-order valence-electron chi connectivity index (χ4n) is 2.13. The van der Waals surface area contributed by atoms with E-state index in [4.69, 9.17) is 21.1 Å². The second-order valence-electron chi connectivity index (χ2n) is 4.56. The van der Waals surface area contributed by atoms with Crippen molar-refractivity contribution in [1.82, 2.24) is 0 Å². The molecule has 1 N–H and O–H groups in total. The molecule has 1 unspecified atom stereocenters. The lowest BCUT2D eigenvalue weighted by molar-refractivity contribution is 0.176. The lowest BCUT2D eigenvalue weighted by Gasteiger charge is -2.16. The van der Waals surface area contributed by atoms with Gasteiger partial charge < -0.3 is 14.6 Å². The predicted octanol–water partition coefficient (Wildman–Crippen LogP) is 4.40. The van der Waals surface area contributed by atoms with Crippen LogP contribution in [0.4, 0.5) is 0 Å². The summed E-state index contributed by atoms with van der Waals surface area (Å²) in [4.78, 5) is 0. The first-order valence-corrected chi connectivity index (χ1v) is 7.56. The first-order chi connectivity index (χ1) is 10.0. The maximum Gasteiger partial charge on any atom is 0.122 e. The maximum absolute atomic E-state index is 10.5. The molecule has 0 aliphatic rings. The summed E-state index contributed by atoms with van der Waals surface area (Å²) in [6.07, 6.45) is -0.294. The van der Waals surface area contributed by atoms with Crippen LogP contribution in [0.3, 0.4) is 0 Å². The van der Waals surface area contributed by atoms with Crippen LogP contribution >= 0.6 is 27.5 Å². The van der Waals surface area contributed by atoms with Crippen LogP contribution in [-0.4, -0.2) is 19.3 Å². The molecule has 0 radical (unpaired) electrons. The lowest BCUT2D eigenvalue weighted by Crippen LogP contribution is -2.04. The monoisotopic (exact) mass is 370 g/mol. The van der Waals surface area contributed by atoms with Crippen molar-refractivity contribution >= 4 is 27.5 Å². The number of halogens is 2. The molecular formula is C16H16BrClO3.